The molecule has 1 saturated heterocycles. The number of amides is 4. The van der Waals surface area contributed by atoms with Gasteiger partial charge < -0.3 is 35.0 Å². The summed E-state index contributed by atoms with van der Waals surface area (Å²) in [6.45, 7) is 5.55. The van der Waals surface area contributed by atoms with Gasteiger partial charge in [0.05, 0.1) is 6.54 Å². The van der Waals surface area contributed by atoms with Gasteiger partial charge in [0.1, 0.15) is 35.1 Å². The summed E-state index contributed by atoms with van der Waals surface area (Å²) >= 11 is 0. The van der Waals surface area contributed by atoms with E-state index in [0.717, 1.165) is 30.4 Å². The molecule has 1 saturated carbocycles. The maximum atomic E-state index is 14.1. The van der Waals surface area contributed by atoms with Crippen molar-refractivity contribution in [3.8, 4) is 0 Å². The second-order valence-corrected chi connectivity index (χ2v) is 13.7. The number of nitrogens with one attached hydrogen (secondary N) is 2. The highest BCUT2D eigenvalue weighted by Crippen LogP contribution is 2.45. The summed E-state index contributed by atoms with van der Waals surface area (Å²) in [5, 5.41) is 15.4. The molecule has 4 aliphatic rings. The van der Waals surface area contributed by atoms with Crippen molar-refractivity contribution >= 4 is 30.0 Å². The zero-order chi connectivity index (χ0) is 33.2. The summed E-state index contributed by atoms with van der Waals surface area (Å²) in [6.07, 6.45) is 5.34. The number of hydrogen-bond donors (Lipinski definition) is 3. The van der Waals surface area contributed by atoms with Gasteiger partial charge in [0, 0.05) is 25.4 Å². The third kappa shape index (κ3) is 7.61. The number of carboxylic acids is 1. The molecule has 250 valence electrons. The molecule has 46 heavy (non-hydrogen) atoms. The number of halogens is 1. The van der Waals surface area contributed by atoms with Crippen LogP contribution in [0, 0.1) is 11.7 Å². The van der Waals surface area contributed by atoms with E-state index in [1.165, 1.54) is 21.9 Å². The minimum Gasteiger partial charge on any atom is -0.479 e. The number of allylic oxidation sites excluding steroid dienone is 1. The Morgan fingerprint density at radius 1 is 1.13 bits per heavy atom. The molecule has 0 spiro atoms. The molecule has 2 fully saturated rings. The number of carbonyl (C=O) groups is 5. The second kappa shape index (κ2) is 13.3. The van der Waals surface area contributed by atoms with E-state index in [-0.39, 0.29) is 37.7 Å². The molecule has 0 radical (unpaired) electrons. The number of carboxylic acid groups (broad SMARTS) is 1. The monoisotopic (exact) mass is 642 g/mol. The van der Waals surface area contributed by atoms with Crippen molar-refractivity contribution in [2.45, 2.75) is 108 Å². The SMILES string of the molecule is CC(C)(C)OC(=O)N[C@H]1CCCCC/C=C/[C@@H]2C[C@@]2(C(=O)O)NC(=O)[C@@H]2C[C@@H](OC(=O)N3CCc4cc(F)ccc4C3)CN2C1=O. The van der Waals surface area contributed by atoms with Crippen LogP contribution < -0.4 is 10.6 Å². The maximum Gasteiger partial charge on any atom is 0.410 e. The molecule has 13 heteroatoms. The Morgan fingerprint density at radius 2 is 1.91 bits per heavy atom. The highest BCUT2D eigenvalue weighted by molar-refractivity contribution is 5.96. The van der Waals surface area contributed by atoms with E-state index >= 15 is 0 Å². The maximum absolute atomic E-state index is 14.1. The number of aliphatic carboxylic acids is 1. The highest BCUT2D eigenvalue weighted by Gasteiger charge is 2.61. The molecule has 3 aliphatic heterocycles. The summed E-state index contributed by atoms with van der Waals surface area (Å²) in [6, 6.07) is 2.28. The van der Waals surface area contributed by atoms with Crippen molar-refractivity contribution in [1.82, 2.24) is 20.4 Å². The van der Waals surface area contributed by atoms with Crippen molar-refractivity contribution in [2.24, 2.45) is 5.92 Å². The van der Waals surface area contributed by atoms with Gasteiger partial charge in [-0.25, -0.2) is 18.8 Å². The van der Waals surface area contributed by atoms with Crippen molar-refractivity contribution in [2.75, 3.05) is 13.1 Å². The van der Waals surface area contributed by atoms with Crippen LogP contribution >= 0.6 is 0 Å². The second-order valence-electron chi connectivity index (χ2n) is 13.7. The van der Waals surface area contributed by atoms with Crippen LogP contribution in [-0.4, -0.2) is 87.3 Å². The van der Waals surface area contributed by atoms with Gasteiger partial charge in [-0.2, -0.15) is 0 Å². The molecule has 5 atom stereocenters. The third-order valence-corrected chi connectivity index (χ3v) is 9.02. The Hall–Kier alpha value is -4.16. The summed E-state index contributed by atoms with van der Waals surface area (Å²) in [5.74, 6) is -3.08. The third-order valence-electron chi connectivity index (χ3n) is 9.02. The van der Waals surface area contributed by atoms with E-state index in [4.69, 9.17) is 9.47 Å². The van der Waals surface area contributed by atoms with Gasteiger partial charge >= 0.3 is 18.2 Å². The van der Waals surface area contributed by atoms with E-state index in [2.05, 4.69) is 10.6 Å². The zero-order valence-corrected chi connectivity index (χ0v) is 26.6. The molecule has 4 amide bonds. The van der Waals surface area contributed by atoms with Gasteiger partial charge in [-0.05, 0) is 76.1 Å². The van der Waals surface area contributed by atoms with Gasteiger partial charge in [-0.15, -0.1) is 0 Å². The molecule has 3 N–H and O–H groups in total. The van der Waals surface area contributed by atoms with Crippen molar-refractivity contribution in [3.05, 3.63) is 47.3 Å². The Bertz CT molecular complexity index is 1410. The Kier molecular flexibility index (Phi) is 9.59. The molecule has 1 aliphatic carbocycles. The van der Waals surface area contributed by atoms with E-state index in [1.54, 1.807) is 26.8 Å². The van der Waals surface area contributed by atoms with Crippen LogP contribution in [0.4, 0.5) is 14.0 Å². The minimum absolute atomic E-state index is 0.0473. The first kappa shape index (κ1) is 33.2. The topological polar surface area (TPSA) is 155 Å². The number of carbonyl (C=O) groups excluding carboxylic acids is 4. The number of alkyl carbamates (subject to hydrolysis) is 1. The molecule has 3 heterocycles. The smallest absolute Gasteiger partial charge is 0.410 e. The van der Waals surface area contributed by atoms with Crippen LogP contribution in [0.2, 0.25) is 0 Å². The number of ether oxygens (including phenoxy) is 2. The quantitative estimate of drug-likeness (QED) is 0.422. The summed E-state index contributed by atoms with van der Waals surface area (Å²) in [5.41, 5.74) is -0.654. The first-order valence-corrected chi connectivity index (χ1v) is 16.0. The number of hydrogen-bond acceptors (Lipinski definition) is 7. The van der Waals surface area contributed by atoms with Crippen LogP contribution in [0.25, 0.3) is 0 Å². The molecule has 0 bridgehead atoms. The summed E-state index contributed by atoms with van der Waals surface area (Å²) < 4.78 is 24.9. The van der Waals surface area contributed by atoms with Gasteiger partial charge in [-0.1, -0.05) is 31.1 Å². The van der Waals surface area contributed by atoms with Crippen LogP contribution in [0.1, 0.15) is 76.8 Å². The largest absolute Gasteiger partial charge is 0.479 e. The fourth-order valence-corrected chi connectivity index (χ4v) is 6.49. The molecule has 5 rings (SSSR count). The average Bonchev–Trinajstić information content (AvgIpc) is 3.51. The van der Waals surface area contributed by atoms with Crippen LogP contribution in [0.3, 0.4) is 0 Å². The molecule has 0 unspecified atom stereocenters. The van der Waals surface area contributed by atoms with Crippen molar-refractivity contribution in [3.63, 3.8) is 0 Å². The van der Waals surface area contributed by atoms with E-state index < -0.39 is 59.3 Å². The fourth-order valence-electron chi connectivity index (χ4n) is 6.49. The molecule has 12 nitrogen and oxygen atoms in total. The Balaban J connectivity index is 1.36. The number of nitrogens with zero attached hydrogens (tertiary/aromatic N) is 2. The predicted octanol–water partition coefficient (Wildman–Crippen LogP) is 3.66. The average molecular weight is 643 g/mol. The Labute approximate surface area is 267 Å². The Morgan fingerprint density at radius 3 is 2.65 bits per heavy atom. The molecule has 0 aromatic heterocycles. The van der Waals surface area contributed by atoms with Gasteiger partial charge in [0.25, 0.3) is 0 Å². The summed E-state index contributed by atoms with van der Waals surface area (Å²) in [7, 11) is 0. The lowest BCUT2D eigenvalue weighted by Crippen LogP contribution is -2.56. The van der Waals surface area contributed by atoms with Crippen LogP contribution in [-0.2, 0) is 36.8 Å². The molecular formula is C33H43FN4O8. The van der Waals surface area contributed by atoms with E-state index in [1.807, 2.05) is 12.2 Å². The zero-order valence-electron chi connectivity index (χ0n) is 26.6. The predicted molar refractivity (Wildman–Crippen MR) is 163 cm³/mol. The highest BCUT2D eigenvalue weighted by atomic mass is 19.1. The minimum atomic E-state index is -1.48. The first-order valence-electron chi connectivity index (χ1n) is 16.0. The lowest BCUT2D eigenvalue weighted by atomic mass is 10.00. The molecule has 1 aromatic rings. The van der Waals surface area contributed by atoms with Gasteiger partial charge in [-0.3, -0.25) is 9.59 Å². The first-order chi connectivity index (χ1) is 21.8. The lowest BCUT2D eigenvalue weighted by molar-refractivity contribution is -0.145. The van der Waals surface area contributed by atoms with Crippen LogP contribution in [0.15, 0.2) is 30.4 Å². The summed E-state index contributed by atoms with van der Waals surface area (Å²) in [4.78, 5) is 68.9. The van der Waals surface area contributed by atoms with Gasteiger partial charge in [0.2, 0.25) is 11.8 Å². The normalized spacial score (nSPS) is 29.1. The number of rotatable bonds is 3. The van der Waals surface area contributed by atoms with E-state index in [9.17, 15) is 33.5 Å². The standard InChI is InChI=1S/C33H43FN4O8/c1-32(2,3)46-30(43)35-25-10-8-6-4-5-7-9-22-17-33(22,29(41)42)36-27(39)26-16-24(19-38(26)28(25)40)45-31(44)37-14-13-20-15-23(34)12-11-21(20)18-37/h7,9,11-12,15,22,24-26H,4-6,8,10,13-14,16-19H2,1-3H3,(H,35,43)(H,36,39)(H,41,42)/b9-7+/t22-,24-,25+,26+,33-/m1/s1. The molecule has 1 aromatic carbocycles. The van der Waals surface area contributed by atoms with Crippen LogP contribution in [0.5, 0.6) is 0 Å². The fraction of sp³-hybridized carbons (Fsp3) is 0.606. The number of fused-ring (bicyclic) bond motifs is 3. The van der Waals surface area contributed by atoms with Gasteiger partial charge in [0.15, 0.2) is 0 Å². The van der Waals surface area contributed by atoms with Crippen molar-refractivity contribution < 1.29 is 42.9 Å². The van der Waals surface area contributed by atoms with E-state index in [0.29, 0.717) is 25.8 Å². The number of benzene rings is 1. The van der Waals surface area contributed by atoms with Crippen molar-refractivity contribution in [1.29, 1.82) is 0 Å². The molecular weight excluding hydrogens is 599 g/mol. The lowest BCUT2D eigenvalue weighted by Gasteiger charge is -2.30.